The van der Waals surface area contributed by atoms with Crippen LogP contribution >= 0.6 is 0 Å². The van der Waals surface area contributed by atoms with Crippen LogP contribution in [0.1, 0.15) is 65.1 Å². The van der Waals surface area contributed by atoms with E-state index in [4.69, 9.17) is 4.98 Å². The first-order valence-corrected chi connectivity index (χ1v) is 9.48. The number of hydrogen-bond donors (Lipinski definition) is 1. The Balaban J connectivity index is 0.000000815. The number of rotatable bonds is 3. The maximum Gasteiger partial charge on any atom is 0.157 e. The van der Waals surface area contributed by atoms with Gasteiger partial charge in [0.05, 0.1) is 12.2 Å². The third-order valence-corrected chi connectivity index (χ3v) is 5.11. The molecule has 24 heavy (non-hydrogen) atoms. The van der Waals surface area contributed by atoms with Gasteiger partial charge >= 0.3 is 0 Å². The summed E-state index contributed by atoms with van der Waals surface area (Å²) < 4.78 is 0. The van der Waals surface area contributed by atoms with Gasteiger partial charge in [-0.25, -0.2) is 9.97 Å². The maximum absolute atomic E-state index is 4.82. The minimum absolute atomic E-state index is 0.208. The van der Waals surface area contributed by atoms with Crippen LogP contribution in [0.4, 0.5) is 11.5 Å². The second-order valence-corrected chi connectivity index (χ2v) is 6.55. The average molecular weight is 330 g/mol. The van der Waals surface area contributed by atoms with Gasteiger partial charge in [-0.05, 0) is 26.2 Å². The van der Waals surface area contributed by atoms with Gasteiger partial charge < -0.3 is 9.80 Å². The van der Waals surface area contributed by atoms with E-state index in [1.807, 2.05) is 33.3 Å². The molecule has 0 radical (unpaired) electrons. The summed E-state index contributed by atoms with van der Waals surface area (Å²) >= 11 is 0. The molecule has 0 bridgehead atoms. The van der Waals surface area contributed by atoms with Crippen molar-refractivity contribution in [3.63, 3.8) is 0 Å². The Morgan fingerprint density at radius 1 is 1.25 bits per heavy atom. The van der Waals surface area contributed by atoms with Gasteiger partial charge in [0.1, 0.15) is 24.0 Å². The van der Waals surface area contributed by atoms with E-state index in [1.54, 1.807) is 0 Å². The molecular weight excluding hydrogens is 300 g/mol. The molecule has 1 unspecified atom stereocenters. The summed E-state index contributed by atoms with van der Waals surface area (Å²) in [5, 5.41) is 4.31. The molecule has 4 rings (SSSR count). The summed E-state index contributed by atoms with van der Waals surface area (Å²) in [6.45, 7) is 8.23. The molecule has 6 heteroatoms. The van der Waals surface area contributed by atoms with E-state index in [0.717, 1.165) is 23.8 Å². The van der Waals surface area contributed by atoms with Gasteiger partial charge in [-0.1, -0.05) is 40.0 Å². The zero-order valence-corrected chi connectivity index (χ0v) is 15.4. The number of nitrogens with one attached hydrogen (secondary N) is 1. The van der Waals surface area contributed by atoms with Crippen molar-refractivity contribution in [1.29, 1.82) is 0 Å². The maximum atomic E-state index is 4.82. The van der Waals surface area contributed by atoms with Crippen molar-refractivity contribution in [2.75, 3.05) is 9.80 Å². The lowest BCUT2D eigenvalue weighted by Crippen LogP contribution is -2.60. The molecule has 0 amide bonds. The molecule has 1 aromatic rings. The quantitative estimate of drug-likeness (QED) is 0.920. The van der Waals surface area contributed by atoms with Crippen LogP contribution in [-0.2, 0) is 0 Å². The van der Waals surface area contributed by atoms with Crippen LogP contribution in [0.3, 0.4) is 0 Å². The average Bonchev–Trinajstić information content (AvgIpc) is 3.28. The Hall–Kier alpha value is -1.85. The Kier molecular flexibility index (Phi) is 5.21. The van der Waals surface area contributed by atoms with Gasteiger partial charge in [-0.3, -0.25) is 5.43 Å². The molecule has 1 saturated carbocycles. The van der Waals surface area contributed by atoms with E-state index in [2.05, 4.69) is 32.2 Å². The van der Waals surface area contributed by atoms with Crippen molar-refractivity contribution < 1.29 is 0 Å². The van der Waals surface area contributed by atoms with Crippen LogP contribution in [-0.4, -0.2) is 34.6 Å². The summed E-state index contributed by atoms with van der Waals surface area (Å²) in [5.74, 6) is 1.95. The van der Waals surface area contributed by atoms with E-state index in [-0.39, 0.29) is 6.17 Å². The first kappa shape index (κ1) is 17.0. The first-order chi connectivity index (χ1) is 11.8. The lowest BCUT2D eigenvalue weighted by Gasteiger charge is -2.47. The minimum Gasteiger partial charge on any atom is -0.345 e. The lowest BCUT2D eigenvalue weighted by molar-refractivity contribution is 0.373. The van der Waals surface area contributed by atoms with Crippen LogP contribution in [0.15, 0.2) is 11.3 Å². The minimum atomic E-state index is 0.208. The van der Waals surface area contributed by atoms with Crippen molar-refractivity contribution in [1.82, 2.24) is 15.4 Å². The van der Waals surface area contributed by atoms with Gasteiger partial charge in [0.25, 0.3) is 0 Å². The molecular formula is C18H30N6. The number of anilines is 2. The molecule has 0 aromatic carbocycles. The van der Waals surface area contributed by atoms with Crippen LogP contribution in [0.5, 0.6) is 0 Å². The van der Waals surface area contributed by atoms with Crippen molar-refractivity contribution in [3.8, 4) is 0 Å². The molecule has 2 aliphatic heterocycles. The van der Waals surface area contributed by atoms with E-state index >= 15 is 0 Å². The summed E-state index contributed by atoms with van der Waals surface area (Å²) in [5.41, 5.74) is 4.39. The Morgan fingerprint density at radius 3 is 2.71 bits per heavy atom. The fraction of sp³-hybridized carbons (Fsp3) is 0.722. The summed E-state index contributed by atoms with van der Waals surface area (Å²) in [6, 6.07) is 1.02. The Morgan fingerprint density at radius 2 is 2.00 bits per heavy atom. The molecule has 1 aliphatic carbocycles. The molecule has 0 spiro atoms. The van der Waals surface area contributed by atoms with Gasteiger partial charge in [-0.15, -0.1) is 0 Å². The van der Waals surface area contributed by atoms with Crippen LogP contribution in [0.2, 0.25) is 0 Å². The van der Waals surface area contributed by atoms with Crippen molar-refractivity contribution in [2.45, 2.75) is 84.5 Å². The third kappa shape index (κ3) is 2.82. The highest BCUT2D eigenvalue weighted by atomic mass is 15.5. The number of hydrazone groups is 1. The fourth-order valence-corrected chi connectivity index (χ4v) is 4.14. The van der Waals surface area contributed by atoms with E-state index in [9.17, 15) is 0 Å². The number of fused-ring (bicyclic) bond motifs is 3. The zero-order chi connectivity index (χ0) is 17.1. The second kappa shape index (κ2) is 7.36. The number of aromatic nitrogens is 2. The number of nitrogens with zero attached hydrogens (tertiary/aromatic N) is 5. The monoisotopic (exact) mass is 330 g/mol. The highest BCUT2D eigenvalue weighted by Crippen LogP contribution is 2.41. The molecule has 0 saturated heterocycles. The zero-order valence-electron chi connectivity index (χ0n) is 15.4. The third-order valence-electron chi connectivity index (χ3n) is 5.11. The van der Waals surface area contributed by atoms with Crippen molar-refractivity contribution >= 4 is 17.8 Å². The van der Waals surface area contributed by atoms with E-state index < -0.39 is 0 Å². The van der Waals surface area contributed by atoms with Crippen molar-refractivity contribution in [2.24, 2.45) is 5.10 Å². The largest absolute Gasteiger partial charge is 0.345 e. The lowest BCUT2D eigenvalue weighted by atomic mass is 9.99. The second-order valence-electron chi connectivity index (χ2n) is 6.55. The predicted molar refractivity (Wildman–Crippen MR) is 99.4 cm³/mol. The molecule has 2 atom stereocenters. The first-order valence-electron chi connectivity index (χ1n) is 9.48. The van der Waals surface area contributed by atoms with Gasteiger partial charge in [-0.2, -0.15) is 5.10 Å². The standard InChI is InChI=1S/C16H24N6.C2H6/c1-3-6-13-16-20-18-10-21(16)14-9-17-11(2)19-15(14)22(13)12-7-4-5-8-12;1-2/h9-10,12-13,16,20H,3-8H2,1-2H3;1-2H3/t13-,16?;/m1./s1. The fourth-order valence-electron chi connectivity index (χ4n) is 4.14. The molecule has 3 heterocycles. The predicted octanol–water partition coefficient (Wildman–Crippen LogP) is 3.42. The number of aryl methyl sites for hydroxylation is 1. The van der Waals surface area contributed by atoms with Gasteiger partial charge in [0, 0.05) is 6.04 Å². The molecule has 132 valence electrons. The Bertz CT molecular complexity index is 581. The van der Waals surface area contributed by atoms with Crippen molar-refractivity contribution in [3.05, 3.63) is 12.0 Å². The van der Waals surface area contributed by atoms with Crippen LogP contribution < -0.4 is 15.2 Å². The SMILES string of the molecule is CC.CCC[C@@H]1C2NN=CN2c2cnc(C)nc2N1C1CCCC1. The topological polar surface area (TPSA) is 56.7 Å². The van der Waals surface area contributed by atoms with Gasteiger partial charge in [0.2, 0.25) is 0 Å². The highest BCUT2D eigenvalue weighted by Gasteiger charge is 2.44. The molecule has 1 N–H and O–H groups in total. The van der Waals surface area contributed by atoms with Crippen LogP contribution in [0.25, 0.3) is 0 Å². The molecule has 6 nitrogen and oxygen atoms in total. The molecule has 1 fully saturated rings. The molecule has 1 aromatic heterocycles. The summed E-state index contributed by atoms with van der Waals surface area (Å²) in [6.07, 6.45) is 11.6. The summed E-state index contributed by atoms with van der Waals surface area (Å²) in [4.78, 5) is 14.0. The Labute approximate surface area is 145 Å². The smallest absolute Gasteiger partial charge is 0.157 e. The highest BCUT2D eigenvalue weighted by molar-refractivity contribution is 5.88. The normalized spacial score (nSPS) is 25.0. The van der Waals surface area contributed by atoms with E-state index in [1.165, 1.54) is 32.1 Å². The van der Waals surface area contributed by atoms with Crippen LogP contribution in [0, 0.1) is 6.92 Å². The van der Waals surface area contributed by atoms with Gasteiger partial charge in [0.15, 0.2) is 5.82 Å². The molecule has 3 aliphatic rings. The number of hydrogen-bond acceptors (Lipinski definition) is 6. The van der Waals surface area contributed by atoms with E-state index in [0.29, 0.717) is 12.1 Å². The summed E-state index contributed by atoms with van der Waals surface area (Å²) in [7, 11) is 0.